The van der Waals surface area contributed by atoms with Crippen LogP contribution < -0.4 is 0 Å². The van der Waals surface area contributed by atoms with Crippen LogP contribution >= 0.6 is 23.4 Å². The van der Waals surface area contributed by atoms with Crippen LogP contribution in [0.5, 0.6) is 0 Å². The first-order valence-electron chi connectivity index (χ1n) is 7.91. The second kappa shape index (κ2) is 6.90. The summed E-state index contributed by atoms with van der Waals surface area (Å²) in [4.78, 5) is 9.15. The average molecular weight is 371 g/mol. The largest absolute Gasteiger partial charge is 0.338 e. The molecule has 0 fully saturated rings. The Bertz CT molecular complexity index is 1010. The SMILES string of the molecule is CCn1c(SCc2nc(-c3ccc(Cl)cc3)no2)nc2ccccc21. The van der Waals surface area contributed by atoms with Crippen molar-refractivity contribution in [1.29, 1.82) is 0 Å². The minimum atomic E-state index is 0.566. The van der Waals surface area contributed by atoms with E-state index in [4.69, 9.17) is 21.1 Å². The van der Waals surface area contributed by atoms with Gasteiger partial charge in [-0.05, 0) is 43.3 Å². The Morgan fingerprint density at radius 1 is 1.08 bits per heavy atom. The predicted molar refractivity (Wildman–Crippen MR) is 99.7 cm³/mol. The number of halogens is 1. The molecule has 25 heavy (non-hydrogen) atoms. The maximum absolute atomic E-state index is 5.91. The molecule has 0 saturated carbocycles. The van der Waals surface area contributed by atoms with Crippen molar-refractivity contribution in [2.75, 3.05) is 0 Å². The topological polar surface area (TPSA) is 56.7 Å². The second-order valence-electron chi connectivity index (χ2n) is 5.43. The van der Waals surface area contributed by atoms with E-state index in [-0.39, 0.29) is 0 Å². The van der Waals surface area contributed by atoms with E-state index in [1.54, 1.807) is 11.8 Å². The van der Waals surface area contributed by atoms with E-state index in [0.29, 0.717) is 22.5 Å². The molecule has 0 spiro atoms. The van der Waals surface area contributed by atoms with Gasteiger partial charge in [0.15, 0.2) is 5.16 Å². The molecule has 0 atom stereocenters. The van der Waals surface area contributed by atoms with Crippen molar-refractivity contribution in [2.24, 2.45) is 0 Å². The third kappa shape index (κ3) is 3.27. The van der Waals surface area contributed by atoms with Crippen LogP contribution in [0.3, 0.4) is 0 Å². The second-order valence-corrected chi connectivity index (χ2v) is 6.81. The first kappa shape index (κ1) is 16.2. The first-order valence-corrected chi connectivity index (χ1v) is 9.27. The van der Waals surface area contributed by atoms with Crippen LogP contribution in [0.4, 0.5) is 0 Å². The van der Waals surface area contributed by atoms with Gasteiger partial charge in [0.1, 0.15) is 0 Å². The van der Waals surface area contributed by atoms with E-state index in [1.165, 1.54) is 0 Å². The van der Waals surface area contributed by atoms with Crippen molar-refractivity contribution < 1.29 is 4.52 Å². The van der Waals surface area contributed by atoms with Gasteiger partial charge in [0.2, 0.25) is 11.7 Å². The zero-order valence-electron chi connectivity index (χ0n) is 13.5. The molecule has 0 aliphatic heterocycles. The van der Waals surface area contributed by atoms with Crippen molar-refractivity contribution in [3.05, 3.63) is 59.4 Å². The molecule has 5 nitrogen and oxygen atoms in total. The van der Waals surface area contributed by atoms with Gasteiger partial charge in [-0.15, -0.1) is 0 Å². The Morgan fingerprint density at radius 3 is 2.68 bits per heavy atom. The van der Waals surface area contributed by atoms with Gasteiger partial charge in [0.05, 0.1) is 16.8 Å². The van der Waals surface area contributed by atoms with Crippen molar-refractivity contribution >= 4 is 34.4 Å². The summed E-state index contributed by atoms with van der Waals surface area (Å²) in [5.41, 5.74) is 3.02. The van der Waals surface area contributed by atoms with Crippen molar-refractivity contribution in [2.45, 2.75) is 24.4 Å². The average Bonchev–Trinajstić information content (AvgIpc) is 3.24. The first-order chi connectivity index (χ1) is 12.2. The lowest BCUT2D eigenvalue weighted by Crippen LogP contribution is -1.96. The molecule has 0 amide bonds. The monoisotopic (exact) mass is 370 g/mol. The molecular weight excluding hydrogens is 356 g/mol. The summed E-state index contributed by atoms with van der Waals surface area (Å²) in [5, 5.41) is 5.68. The minimum Gasteiger partial charge on any atom is -0.338 e. The fourth-order valence-corrected chi connectivity index (χ4v) is 3.67. The van der Waals surface area contributed by atoms with E-state index < -0.39 is 0 Å². The maximum atomic E-state index is 5.91. The number of para-hydroxylation sites is 2. The van der Waals surface area contributed by atoms with Crippen LogP contribution in [-0.4, -0.2) is 19.7 Å². The molecule has 2 aromatic carbocycles. The van der Waals surface area contributed by atoms with Crippen LogP contribution in [0, 0.1) is 0 Å². The van der Waals surface area contributed by atoms with Gasteiger partial charge in [-0.3, -0.25) is 0 Å². The Kier molecular flexibility index (Phi) is 4.46. The highest BCUT2D eigenvalue weighted by Crippen LogP contribution is 2.27. The zero-order valence-corrected chi connectivity index (χ0v) is 15.1. The molecule has 4 rings (SSSR count). The summed E-state index contributed by atoms with van der Waals surface area (Å²) < 4.78 is 7.56. The zero-order chi connectivity index (χ0) is 17.2. The number of thioether (sulfide) groups is 1. The molecule has 126 valence electrons. The molecule has 0 radical (unpaired) electrons. The normalized spacial score (nSPS) is 11.3. The minimum absolute atomic E-state index is 0.566. The van der Waals surface area contributed by atoms with Gasteiger partial charge >= 0.3 is 0 Å². The smallest absolute Gasteiger partial charge is 0.237 e. The van der Waals surface area contributed by atoms with Crippen molar-refractivity contribution in [3.63, 3.8) is 0 Å². The fraction of sp³-hybridized carbons (Fsp3) is 0.167. The standard InChI is InChI=1S/C18H15ClN4OS/c1-2-23-15-6-4-3-5-14(15)20-18(23)25-11-16-21-17(22-24-16)12-7-9-13(19)10-8-12/h3-10H,2,11H2,1H3. The highest BCUT2D eigenvalue weighted by molar-refractivity contribution is 7.98. The molecule has 2 aromatic heterocycles. The van der Waals surface area contributed by atoms with E-state index in [2.05, 4.69) is 27.7 Å². The summed E-state index contributed by atoms with van der Waals surface area (Å²) in [7, 11) is 0. The van der Waals surface area contributed by atoms with Crippen LogP contribution in [0.1, 0.15) is 12.8 Å². The number of nitrogens with zero attached hydrogens (tertiary/aromatic N) is 4. The summed E-state index contributed by atoms with van der Waals surface area (Å²) in [5.74, 6) is 1.71. The number of rotatable bonds is 5. The van der Waals surface area contributed by atoms with Gasteiger partial charge in [0.25, 0.3) is 0 Å². The van der Waals surface area contributed by atoms with E-state index in [1.807, 2.05) is 42.5 Å². The number of imidazole rings is 1. The van der Waals surface area contributed by atoms with Crippen LogP contribution in [0.2, 0.25) is 5.02 Å². The molecule has 0 unspecified atom stereocenters. The highest BCUT2D eigenvalue weighted by atomic mass is 35.5. The molecule has 4 aromatic rings. The molecule has 0 aliphatic carbocycles. The van der Waals surface area contributed by atoms with Gasteiger partial charge in [0, 0.05) is 17.1 Å². The molecule has 0 saturated heterocycles. The molecule has 2 heterocycles. The molecule has 7 heteroatoms. The Morgan fingerprint density at radius 2 is 1.88 bits per heavy atom. The van der Waals surface area contributed by atoms with Crippen LogP contribution in [0.15, 0.2) is 58.2 Å². The summed E-state index contributed by atoms with van der Waals surface area (Å²) in [6.07, 6.45) is 0. The van der Waals surface area contributed by atoms with Crippen LogP contribution in [-0.2, 0) is 12.3 Å². The Balaban J connectivity index is 1.53. The number of aryl methyl sites for hydroxylation is 1. The van der Waals surface area contributed by atoms with Crippen LogP contribution in [0.25, 0.3) is 22.4 Å². The summed E-state index contributed by atoms with van der Waals surface area (Å²) >= 11 is 7.50. The van der Waals surface area contributed by atoms with E-state index >= 15 is 0 Å². The molecule has 0 N–H and O–H groups in total. The fourth-order valence-electron chi connectivity index (χ4n) is 2.63. The van der Waals surface area contributed by atoms with Crippen molar-refractivity contribution in [1.82, 2.24) is 19.7 Å². The number of aromatic nitrogens is 4. The van der Waals surface area contributed by atoms with Gasteiger partial charge in [-0.2, -0.15) is 4.98 Å². The van der Waals surface area contributed by atoms with Gasteiger partial charge in [-0.25, -0.2) is 4.98 Å². The Hall–Kier alpha value is -2.31. The predicted octanol–water partition coefficient (Wildman–Crippen LogP) is 5.05. The molecule has 0 bridgehead atoms. The number of hydrogen-bond donors (Lipinski definition) is 0. The van der Waals surface area contributed by atoms with E-state index in [0.717, 1.165) is 28.3 Å². The quantitative estimate of drug-likeness (QED) is 0.460. The summed E-state index contributed by atoms with van der Waals surface area (Å²) in [6.45, 7) is 2.98. The highest BCUT2D eigenvalue weighted by Gasteiger charge is 2.13. The Labute approximate surface area is 154 Å². The summed E-state index contributed by atoms with van der Waals surface area (Å²) in [6, 6.07) is 15.5. The lowest BCUT2D eigenvalue weighted by atomic mass is 10.2. The molecule has 0 aliphatic rings. The lowest BCUT2D eigenvalue weighted by Gasteiger charge is -2.03. The number of benzene rings is 2. The van der Waals surface area contributed by atoms with Gasteiger partial charge < -0.3 is 9.09 Å². The van der Waals surface area contributed by atoms with Gasteiger partial charge in [-0.1, -0.05) is 40.7 Å². The van der Waals surface area contributed by atoms with E-state index in [9.17, 15) is 0 Å². The lowest BCUT2D eigenvalue weighted by molar-refractivity contribution is 0.391. The maximum Gasteiger partial charge on any atom is 0.237 e. The number of hydrogen-bond acceptors (Lipinski definition) is 5. The van der Waals surface area contributed by atoms with Crippen molar-refractivity contribution in [3.8, 4) is 11.4 Å². The molecular formula is C18H15ClN4OS. The third-order valence-electron chi connectivity index (χ3n) is 3.83. The number of fused-ring (bicyclic) bond motifs is 1. The third-order valence-corrected chi connectivity index (χ3v) is 5.04.